The van der Waals surface area contributed by atoms with E-state index in [1.54, 1.807) is 0 Å². The molecule has 25 heavy (non-hydrogen) atoms. The van der Waals surface area contributed by atoms with Crippen molar-refractivity contribution in [2.24, 2.45) is 0 Å². The van der Waals surface area contributed by atoms with Crippen molar-refractivity contribution >= 4 is 0 Å². The van der Waals surface area contributed by atoms with Gasteiger partial charge in [-0.2, -0.15) is 0 Å². The average Bonchev–Trinajstić information content (AvgIpc) is 2.38. The molecule has 0 unspecified atom stereocenters. The first-order valence-electron chi connectivity index (χ1n) is 7.06. The van der Waals surface area contributed by atoms with Crippen molar-refractivity contribution in [1.29, 1.82) is 0 Å². The van der Waals surface area contributed by atoms with Crippen molar-refractivity contribution in [3.05, 3.63) is 0 Å². The molecule has 1 aliphatic rings. The Morgan fingerprint density at radius 2 is 0.560 bits per heavy atom. The fourth-order valence-electron chi connectivity index (χ4n) is 1.53. The first-order valence-corrected chi connectivity index (χ1v) is 9.53. The van der Waals surface area contributed by atoms with Gasteiger partial charge in [0.25, 0.3) is 0 Å². The second-order valence-electron chi connectivity index (χ2n) is 4.46. The summed E-state index contributed by atoms with van der Waals surface area (Å²) in [6, 6.07) is 0. The van der Waals surface area contributed by atoms with E-state index in [2.05, 4.69) is 21.3 Å². The Morgan fingerprint density at radius 1 is 0.400 bits per heavy atom. The molecule has 1 heterocycles. The predicted molar refractivity (Wildman–Crippen MR) is 60.7 cm³/mol. The standard InChI is InChI=1S/C10H24N4.Ag.2ClHO4/c1-3-11-7-9-13-5-2-6-14-10-8-12-4-1;;2*2-1(3,4)5/h11-14H,1-10H2;;2*(H,2,3,4,5)/p-2. The molecule has 0 amide bonds. The Kier molecular flexibility index (Phi) is 24.0. The van der Waals surface area contributed by atoms with Gasteiger partial charge in [-0.3, -0.25) is 0 Å². The van der Waals surface area contributed by atoms with Gasteiger partial charge in [-0.1, -0.05) is 0 Å². The molecule has 1 fully saturated rings. The second kappa shape index (κ2) is 19.6. The summed E-state index contributed by atoms with van der Waals surface area (Å²) in [7, 11) is -9.89. The molecule has 0 saturated carbocycles. The molecule has 1 rings (SSSR count). The molecule has 12 nitrogen and oxygen atoms in total. The van der Waals surface area contributed by atoms with E-state index in [1.165, 1.54) is 12.8 Å². The van der Waals surface area contributed by atoms with Gasteiger partial charge < -0.3 is 21.3 Å². The monoisotopic (exact) mass is 505 g/mol. The molecule has 1 radical (unpaired) electrons. The molecule has 0 aromatic heterocycles. The zero-order valence-electron chi connectivity index (χ0n) is 13.4. The van der Waals surface area contributed by atoms with Crippen LogP contribution < -0.4 is 58.5 Å². The van der Waals surface area contributed by atoms with Crippen molar-refractivity contribution < 1.29 is 80.1 Å². The maximum Gasteiger partial charge on any atom is 0.00767 e. The van der Waals surface area contributed by atoms with Gasteiger partial charge >= 0.3 is 0 Å². The van der Waals surface area contributed by atoms with Crippen LogP contribution in [0.5, 0.6) is 0 Å². The second-order valence-corrected chi connectivity index (χ2v) is 5.97. The van der Waals surface area contributed by atoms with Gasteiger partial charge in [0.1, 0.15) is 0 Å². The molecule has 1 aliphatic heterocycles. The van der Waals surface area contributed by atoms with Crippen molar-refractivity contribution in [1.82, 2.24) is 21.3 Å². The van der Waals surface area contributed by atoms with Crippen molar-refractivity contribution in [2.75, 3.05) is 52.4 Å². The molecule has 0 aliphatic carbocycles. The fourth-order valence-corrected chi connectivity index (χ4v) is 1.53. The molecule has 159 valence electrons. The van der Waals surface area contributed by atoms with Crippen LogP contribution in [-0.4, -0.2) is 52.4 Å². The number of halogens is 2. The predicted octanol–water partition coefficient (Wildman–Crippen LogP) is -10.4. The molecule has 0 spiro atoms. The maximum absolute atomic E-state index is 8.49. The number of hydrogen-bond donors (Lipinski definition) is 4. The molecule has 1 saturated heterocycles. The summed E-state index contributed by atoms with van der Waals surface area (Å²) >= 11 is 0. The summed E-state index contributed by atoms with van der Waals surface area (Å²) in [5, 5.41) is 13.7. The fraction of sp³-hybridized carbons (Fsp3) is 1.00. The molecule has 0 bridgehead atoms. The summed E-state index contributed by atoms with van der Waals surface area (Å²) < 4.78 is 67.9. The van der Waals surface area contributed by atoms with Crippen LogP contribution in [0.3, 0.4) is 0 Å². The molecule has 0 aromatic carbocycles. The summed E-state index contributed by atoms with van der Waals surface area (Å²) in [5.74, 6) is 0. The van der Waals surface area contributed by atoms with E-state index in [1.807, 2.05) is 0 Å². The van der Waals surface area contributed by atoms with Crippen LogP contribution in [0.15, 0.2) is 0 Å². The van der Waals surface area contributed by atoms with E-state index in [9.17, 15) is 0 Å². The van der Waals surface area contributed by atoms with Crippen LogP contribution >= 0.6 is 0 Å². The van der Waals surface area contributed by atoms with E-state index < -0.39 is 20.5 Å². The Hall–Kier alpha value is 0.840. The van der Waals surface area contributed by atoms with Crippen LogP contribution in [0.4, 0.5) is 0 Å². The number of hydrogen-bond acceptors (Lipinski definition) is 12. The topological polar surface area (TPSA) is 233 Å². The maximum atomic E-state index is 8.49. The van der Waals surface area contributed by atoms with Crippen LogP contribution in [0.25, 0.3) is 0 Å². The Labute approximate surface area is 166 Å². The van der Waals surface area contributed by atoms with E-state index in [-0.39, 0.29) is 22.4 Å². The van der Waals surface area contributed by atoms with E-state index in [4.69, 9.17) is 37.3 Å². The normalized spacial score (nSPS) is 18.2. The van der Waals surface area contributed by atoms with Crippen molar-refractivity contribution in [3.63, 3.8) is 0 Å². The average molecular weight is 507 g/mol. The molecule has 4 N–H and O–H groups in total. The first-order chi connectivity index (χ1) is 11.0. The quantitative estimate of drug-likeness (QED) is 0.224. The Morgan fingerprint density at radius 3 is 0.720 bits per heavy atom. The summed E-state index contributed by atoms with van der Waals surface area (Å²) in [4.78, 5) is 0. The summed E-state index contributed by atoms with van der Waals surface area (Å²) in [6.45, 7) is 8.87. The molecule has 15 heteroatoms. The third-order valence-electron chi connectivity index (χ3n) is 2.37. The molecular formula is C10H24AgCl2N4O8-2. The Bertz CT molecular complexity index is 197. The summed E-state index contributed by atoms with van der Waals surface area (Å²) in [5.41, 5.74) is 0. The van der Waals surface area contributed by atoms with Crippen molar-refractivity contribution in [3.8, 4) is 0 Å². The van der Waals surface area contributed by atoms with E-state index in [0.29, 0.717) is 0 Å². The van der Waals surface area contributed by atoms with Gasteiger partial charge in [-0.25, -0.2) is 37.3 Å². The number of nitrogens with one attached hydrogen (secondary N) is 4. The number of rotatable bonds is 0. The van der Waals surface area contributed by atoms with Crippen LogP contribution in [-0.2, 0) is 22.4 Å². The van der Waals surface area contributed by atoms with Gasteiger partial charge in [-0.15, -0.1) is 20.5 Å². The van der Waals surface area contributed by atoms with Crippen LogP contribution in [0.2, 0.25) is 0 Å². The van der Waals surface area contributed by atoms with Crippen LogP contribution in [0.1, 0.15) is 12.8 Å². The smallest absolute Gasteiger partial charge is 0.00767 e. The third-order valence-corrected chi connectivity index (χ3v) is 2.37. The minimum Gasteiger partial charge on any atom is -0.315 e. The molecule has 0 atom stereocenters. The summed E-state index contributed by atoms with van der Waals surface area (Å²) in [6.07, 6.45) is 2.44. The molecular weight excluding hydrogens is 483 g/mol. The molecule has 0 aromatic rings. The van der Waals surface area contributed by atoms with Gasteiger partial charge in [0.2, 0.25) is 0 Å². The van der Waals surface area contributed by atoms with Crippen molar-refractivity contribution in [2.45, 2.75) is 12.8 Å². The minimum atomic E-state index is -4.94. The minimum absolute atomic E-state index is 0. The van der Waals surface area contributed by atoms with Gasteiger partial charge in [0.15, 0.2) is 0 Å². The van der Waals surface area contributed by atoms with Crippen LogP contribution in [0, 0.1) is 20.5 Å². The largest absolute Gasteiger partial charge is 0.315 e. The van der Waals surface area contributed by atoms with Gasteiger partial charge in [0, 0.05) is 48.6 Å². The Balaban J connectivity index is -0.000000368. The zero-order chi connectivity index (χ0) is 18.9. The van der Waals surface area contributed by atoms with Gasteiger partial charge in [0.05, 0.1) is 0 Å². The van der Waals surface area contributed by atoms with Gasteiger partial charge in [-0.05, 0) is 39.0 Å². The SMILES string of the molecule is C1CNCCNCCCNCCNC1.[Ag].[O-][Cl+3]([O-])([O-])[O-].[O-][Cl+3]([O-])([O-])[O-]. The first kappa shape index (κ1) is 30.6. The zero-order valence-corrected chi connectivity index (χ0v) is 16.4. The third kappa shape index (κ3) is 58.8. The van der Waals surface area contributed by atoms with E-state index >= 15 is 0 Å². The van der Waals surface area contributed by atoms with E-state index in [0.717, 1.165) is 52.4 Å².